The van der Waals surface area contributed by atoms with Gasteiger partial charge in [0.2, 0.25) is 0 Å². The van der Waals surface area contributed by atoms with Crippen LogP contribution < -0.4 is 11.2 Å². The summed E-state index contributed by atoms with van der Waals surface area (Å²) in [5, 5.41) is 5.31. The van der Waals surface area contributed by atoms with E-state index in [0.717, 1.165) is 11.1 Å². The molecular weight excluding hydrogens is 334 g/mol. The van der Waals surface area contributed by atoms with Crippen molar-refractivity contribution in [2.75, 3.05) is 5.73 Å². The average molecular weight is 346 g/mol. The molecule has 0 unspecified atom stereocenters. The highest BCUT2D eigenvalue weighted by molar-refractivity contribution is 7.20. The molecule has 2 aromatic heterocycles. The van der Waals surface area contributed by atoms with Crippen LogP contribution in [-0.2, 0) is 0 Å². The number of carbonyl (C=O) groups is 1. The first-order chi connectivity index (χ1) is 11.1. The number of halogens is 1. The molecule has 6 nitrogen and oxygen atoms in total. The molecule has 0 fully saturated rings. The minimum absolute atomic E-state index is 0.310. The molecular formula is C15H12ClN5OS. The van der Waals surface area contributed by atoms with Gasteiger partial charge in [-0.1, -0.05) is 23.7 Å². The molecule has 0 spiro atoms. The topological polar surface area (TPSA) is 93.3 Å². The highest BCUT2D eigenvalue weighted by Crippen LogP contribution is 2.31. The van der Waals surface area contributed by atoms with Crippen molar-refractivity contribution in [1.82, 2.24) is 15.4 Å². The molecule has 116 valence electrons. The molecule has 2 heterocycles. The molecule has 1 aromatic carbocycles. The van der Waals surface area contributed by atoms with Crippen LogP contribution >= 0.6 is 22.9 Å². The van der Waals surface area contributed by atoms with Crippen molar-refractivity contribution in [2.45, 2.75) is 6.92 Å². The van der Waals surface area contributed by atoms with E-state index in [-0.39, 0.29) is 5.91 Å². The monoisotopic (exact) mass is 345 g/mol. The Morgan fingerprint density at radius 1 is 1.35 bits per heavy atom. The minimum Gasteiger partial charge on any atom is -0.383 e. The molecule has 0 saturated heterocycles. The number of fused-ring (bicyclic) bond motifs is 1. The Labute approximate surface area is 141 Å². The van der Waals surface area contributed by atoms with Gasteiger partial charge in [0.25, 0.3) is 5.91 Å². The maximum Gasteiger partial charge on any atom is 0.281 e. The molecule has 23 heavy (non-hydrogen) atoms. The van der Waals surface area contributed by atoms with Gasteiger partial charge in [0.15, 0.2) is 0 Å². The summed E-state index contributed by atoms with van der Waals surface area (Å²) >= 11 is 7.07. The smallest absolute Gasteiger partial charge is 0.281 e. The van der Waals surface area contributed by atoms with E-state index in [2.05, 4.69) is 20.5 Å². The Kier molecular flexibility index (Phi) is 4.22. The zero-order valence-corrected chi connectivity index (χ0v) is 13.6. The SMILES string of the molecule is Cc1c(C(=O)N/N=C\c2ccc(Cl)cc2)sc2ncnc(N)c12. The molecule has 0 aliphatic carbocycles. The highest BCUT2D eigenvalue weighted by atomic mass is 35.5. The summed E-state index contributed by atoms with van der Waals surface area (Å²) in [5.41, 5.74) is 9.93. The summed E-state index contributed by atoms with van der Waals surface area (Å²) in [6, 6.07) is 7.11. The molecule has 0 aliphatic rings. The van der Waals surface area contributed by atoms with Gasteiger partial charge in [-0.25, -0.2) is 15.4 Å². The van der Waals surface area contributed by atoms with Crippen LogP contribution in [0.5, 0.6) is 0 Å². The van der Waals surface area contributed by atoms with Crippen LogP contribution in [0, 0.1) is 6.92 Å². The van der Waals surface area contributed by atoms with Crippen molar-refractivity contribution >= 4 is 51.1 Å². The number of hydrazone groups is 1. The van der Waals surface area contributed by atoms with Crippen molar-refractivity contribution in [2.24, 2.45) is 5.10 Å². The third-order valence-electron chi connectivity index (χ3n) is 3.21. The number of aryl methyl sites for hydroxylation is 1. The van der Waals surface area contributed by atoms with Crippen LogP contribution in [0.1, 0.15) is 20.8 Å². The molecule has 0 radical (unpaired) electrons. The van der Waals surface area contributed by atoms with E-state index in [1.165, 1.54) is 17.7 Å². The van der Waals surface area contributed by atoms with E-state index in [1.807, 2.05) is 6.92 Å². The molecule has 3 N–H and O–H groups in total. The lowest BCUT2D eigenvalue weighted by Gasteiger charge is -1.99. The van der Waals surface area contributed by atoms with Crippen LogP contribution in [0.15, 0.2) is 35.7 Å². The van der Waals surface area contributed by atoms with Gasteiger partial charge < -0.3 is 5.73 Å². The summed E-state index contributed by atoms with van der Waals surface area (Å²) in [6.45, 7) is 1.82. The van der Waals surface area contributed by atoms with E-state index >= 15 is 0 Å². The summed E-state index contributed by atoms with van der Waals surface area (Å²) < 4.78 is 0. The minimum atomic E-state index is -0.310. The van der Waals surface area contributed by atoms with Crippen molar-refractivity contribution in [1.29, 1.82) is 0 Å². The van der Waals surface area contributed by atoms with Gasteiger partial charge in [-0.05, 0) is 30.2 Å². The maximum absolute atomic E-state index is 12.3. The maximum atomic E-state index is 12.3. The number of nitrogen functional groups attached to an aromatic ring is 1. The second-order valence-corrected chi connectivity index (χ2v) is 6.18. The van der Waals surface area contributed by atoms with Crippen LogP contribution in [0.25, 0.3) is 10.2 Å². The van der Waals surface area contributed by atoms with Crippen molar-refractivity contribution < 1.29 is 4.79 Å². The van der Waals surface area contributed by atoms with Gasteiger partial charge in [0.1, 0.15) is 17.0 Å². The predicted octanol–water partition coefficient (Wildman–Crippen LogP) is 3.00. The standard InChI is InChI=1S/C15H12ClN5OS/c1-8-11-13(17)18-7-19-15(11)23-12(8)14(22)21-20-6-9-2-4-10(16)5-3-9/h2-7H,1H3,(H,21,22)(H2,17,18,19)/b20-6-. The number of nitrogens with two attached hydrogens (primary N) is 1. The summed E-state index contributed by atoms with van der Waals surface area (Å²) in [5.74, 6) is 0.0579. The van der Waals surface area contributed by atoms with E-state index in [1.54, 1.807) is 30.5 Å². The number of rotatable bonds is 3. The second kappa shape index (κ2) is 6.31. The Morgan fingerprint density at radius 2 is 2.09 bits per heavy atom. The Hall–Kier alpha value is -2.51. The summed E-state index contributed by atoms with van der Waals surface area (Å²) in [6.07, 6.45) is 2.93. The summed E-state index contributed by atoms with van der Waals surface area (Å²) in [7, 11) is 0. The number of thiophene rings is 1. The first-order valence-electron chi connectivity index (χ1n) is 6.65. The molecule has 0 saturated carbocycles. The fourth-order valence-electron chi connectivity index (χ4n) is 2.08. The number of nitrogens with one attached hydrogen (secondary N) is 1. The zero-order chi connectivity index (χ0) is 16.4. The Morgan fingerprint density at radius 3 is 2.78 bits per heavy atom. The molecule has 3 rings (SSSR count). The number of hydrogen-bond acceptors (Lipinski definition) is 6. The quantitative estimate of drug-likeness (QED) is 0.563. The van der Waals surface area contributed by atoms with Gasteiger partial charge in [0.05, 0.1) is 16.5 Å². The number of hydrogen-bond donors (Lipinski definition) is 2. The molecule has 3 aromatic rings. The average Bonchev–Trinajstić information content (AvgIpc) is 2.88. The number of anilines is 1. The van der Waals surface area contributed by atoms with Gasteiger partial charge in [0, 0.05) is 5.02 Å². The molecule has 8 heteroatoms. The fraction of sp³-hybridized carbons (Fsp3) is 0.0667. The third-order valence-corrected chi connectivity index (χ3v) is 4.66. The van der Waals surface area contributed by atoms with E-state index in [4.69, 9.17) is 17.3 Å². The van der Waals surface area contributed by atoms with Crippen LogP contribution in [0.2, 0.25) is 5.02 Å². The lowest BCUT2D eigenvalue weighted by atomic mass is 10.2. The van der Waals surface area contributed by atoms with Crippen molar-refractivity contribution in [3.8, 4) is 0 Å². The van der Waals surface area contributed by atoms with E-state index in [0.29, 0.717) is 25.9 Å². The van der Waals surface area contributed by atoms with E-state index < -0.39 is 0 Å². The van der Waals surface area contributed by atoms with Gasteiger partial charge >= 0.3 is 0 Å². The molecule has 0 bridgehead atoms. The predicted molar refractivity (Wildman–Crippen MR) is 93.1 cm³/mol. The van der Waals surface area contributed by atoms with Crippen LogP contribution in [-0.4, -0.2) is 22.1 Å². The first kappa shape index (κ1) is 15.4. The normalized spacial score (nSPS) is 11.2. The Balaban J connectivity index is 1.80. The number of benzene rings is 1. The second-order valence-electron chi connectivity index (χ2n) is 4.75. The summed E-state index contributed by atoms with van der Waals surface area (Å²) in [4.78, 5) is 21.6. The number of aromatic nitrogens is 2. The lowest BCUT2D eigenvalue weighted by molar-refractivity contribution is 0.0958. The largest absolute Gasteiger partial charge is 0.383 e. The Bertz CT molecular complexity index is 904. The van der Waals surface area contributed by atoms with Crippen molar-refractivity contribution in [3.63, 3.8) is 0 Å². The van der Waals surface area contributed by atoms with Crippen LogP contribution in [0.4, 0.5) is 5.82 Å². The number of nitrogens with zero attached hydrogens (tertiary/aromatic N) is 3. The first-order valence-corrected chi connectivity index (χ1v) is 7.84. The number of carbonyl (C=O) groups excluding carboxylic acids is 1. The van der Waals surface area contributed by atoms with Gasteiger partial charge in [-0.15, -0.1) is 11.3 Å². The van der Waals surface area contributed by atoms with Gasteiger partial charge in [-0.3, -0.25) is 4.79 Å². The number of amides is 1. The molecule has 1 amide bonds. The zero-order valence-electron chi connectivity index (χ0n) is 12.1. The fourth-order valence-corrected chi connectivity index (χ4v) is 3.25. The molecule has 0 aliphatic heterocycles. The van der Waals surface area contributed by atoms with Gasteiger partial charge in [-0.2, -0.15) is 5.10 Å². The van der Waals surface area contributed by atoms with Crippen LogP contribution in [0.3, 0.4) is 0 Å². The molecule has 0 atom stereocenters. The van der Waals surface area contributed by atoms with Crippen molar-refractivity contribution in [3.05, 3.63) is 51.6 Å². The highest BCUT2D eigenvalue weighted by Gasteiger charge is 2.17. The van der Waals surface area contributed by atoms with E-state index in [9.17, 15) is 4.79 Å². The lowest BCUT2D eigenvalue weighted by Crippen LogP contribution is -2.17. The third kappa shape index (κ3) is 3.15.